The highest BCUT2D eigenvalue weighted by Gasteiger charge is 2.21. The first-order valence-electron chi connectivity index (χ1n) is 10.1. The molecule has 0 aliphatic heterocycles. The van der Waals surface area contributed by atoms with Gasteiger partial charge in [-0.25, -0.2) is 4.79 Å². The van der Waals surface area contributed by atoms with Crippen molar-refractivity contribution in [2.24, 2.45) is 5.73 Å². The maximum Gasteiger partial charge on any atom is 0.346 e. The van der Waals surface area contributed by atoms with Crippen LogP contribution < -0.4 is 15.2 Å². The van der Waals surface area contributed by atoms with E-state index in [1.54, 1.807) is 12.1 Å². The first-order valence-corrected chi connectivity index (χ1v) is 10.1. The molecule has 0 saturated heterocycles. The minimum Gasteiger partial charge on any atom is -0.493 e. The van der Waals surface area contributed by atoms with E-state index in [1.807, 2.05) is 66.7 Å². The molecule has 0 unspecified atom stereocenters. The highest BCUT2D eigenvalue weighted by atomic mass is 16.5. The van der Waals surface area contributed by atoms with Crippen molar-refractivity contribution in [2.75, 3.05) is 13.2 Å². The van der Waals surface area contributed by atoms with Crippen LogP contribution in [0.5, 0.6) is 11.5 Å². The average Bonchev–Trinajstić information content (AvgIpc) is 2.80. The number of esters is 1. The summed E-state index contributed by atoms with van der Waals surface area (Å²) in [6, 6.07) is 24.7. The molecule has 2 N–H and O–H groups in total. The van der Waals surface area contributed by atoms with Crippen LogP contribution in [0.1, 0.15) is 34.3 Å². The van der Waals surface area contributed by atoms with Crippen molar-refractivity contribution in [1.82, 2.24) is 0 Å². The fourth-order valence-electron chi connectivity index (χ4n) is 2.91. The lowest BCUT2D eigenvalue weighted by Crippen LogP contribution is -2.12. The number of carbonyl (C=O) groups is 1. The molecule has 30 heavy (non-hydrogen) atoms. The molecule has 0 heterocycles. The maximum absolute atomic E-state index is 13.0. The van der Waals surface area contributed by atoms with Gasteiger partial charge in [0.25, 0.3) is 0 Å². The topological polar surface area (TPSA) is 70.8 Å². The van der Waals surface area contributed by atoms with Crippen molar-refractivity contribution in [3.63, 3.8) is 0 Å². The number of benzene rings is 3. The zero-order chi connectivity index (χ0) is 21.0. The van der Waals surface area contributed by atoms with Gasteiger partial charge in [-0.15, -0.1) is 0 Å². The van der Waals surface area contributed by atoms with Crippen LogP contribution >= 0.6 is 0 Å². The quantitative estimate of drug-likeness (QED) is 0.369. The van der Waals surface area contributed by atoms with Crippen LogP contribution in [0.25, 0.3) is 0 Å². The SMILES string of the molecule is NCCCCOc1cccc(OCc2ccccc2)c1C(=O)OCc1ccccc1. The van der Waals surface area contributed by atoms with E-state index in [9.17, 15) is 4.79 Å². The molecule has 0 aliphatic rings. The molecule has 0 atom stereocenters. The molecule has 3 aromatic rings. The van der Waals surface area contributed by atoms with Crippen LogP contribution in [0.2, 0.25) is 0 Å². The van der Waals surface area contributed by atoms with Gasteiger partial charge >= 0.3 is 5.97 Å². The Bertz CT molecular complexity index is 913. The van der Waals surface area contributed by atoms with E-state index < -0.39 is 5.97 Å². The van der Waals surface area contributed by atoms with Gasteiger partial charge in [0.1, 0.15) is 30.3 Å². The van der Waals surface area contributed by atoms with Crippen molar-refractivity contribution in [3.05, 3.63) is 95.6 Å². The predicted molar refractivity (Wildman–Crippen MR) is 117 cm³/mol. The van der Waals surface area contributed by atoms with Crippen molar-refractivity contribution in [1.29, 1.82) is 0 Å². The summed E-state index contributed by atoms with van der Waals surface area (Å²) in [5, 5.41) is 0. The normalized spacial score (nSPS) is 10.4. The molecule has 0 saturated carbocycles. The Morgan fingerprint density at radius 3 is 1.93 bits per heavy atom. The maximum atomic E-state index is 13.0. The third kappa shape index (κ3) is 6.36. The Kier molecular flexibility index (Phi) is 8.30. The number of ether oxygens (including phenoxy) is 3. The number of hydrogen-bond donors (Lipinski definition) is 1. The minimum absolute atomic E-state index is 0.180. The summed E-state index contributed by atoms with van der Waals surface area (Å²) in [4.78, 5) is 13.0. The Morgan fingerprint density at radius 1 is 0.700 bits per heavy atom. The van der Waals surface area contributed by atoms with Crippen molar-refractivity contribution in [2.45, 2.75) is 26.1 Å². The van der Waals surface area contributed by atoms with E-state index in [-0.39, 0.29) is 6.61 Å². The molecule has 0 bridgehead atoms. The lowest BCUT2D eigenvalue weighted by atomic mass is 10.1. The summed E-state index contributed by atoms with van der Waals surface area (Å²) in [6.07, 6.45) is 1.67. The second-order valence-electron chi connectivity index (χ2n) is 6.81. The van der Waals surface area contributed by atoms with Crippen LogP contribution in [0.3, 0.4) is 0 Å². The van der Waals surface area contributed by atoms with Crippen LogP contribution in [0, 0.1) is 0 Å². The van der Waals surface area contributed by atoms with Gasteiger partial charge in [-0.3, -0.25) is 0 Å². The van der Waals surface area contributed by atoms with Gasteiger partial charge in [0, 0.05) is 0 Å². The standard InChI is InChI=1S/C25H27NO4/c26-16-7-8-17-28-22-14-9-15-23(29-18-20-10-3-1-4-11-20)24(22)25(27)30-19-21-12-5-2-6-13-21/h1-6,9-15H,7-8,16-19,26H2. The number of nitrogens with two attached hydrogens (primary N) is 1. The third-order valence-corrected chi connectivity index (χ3v) is 4.50. The van der Waals surface area contributed by atoms with Crippen LogP contribution in [0.4, 0.5) is 0 Å². The smallest absolute Gasteiger partial charge is 0.346 e. The Balaban J connectivity index is 1.76. The van der Waals surface area contributed by atoms with E-state index in [4.69, 9.17) is 19.9 Å². The third-order valence-electron chi connectivity index (χ3n) is 4.50. The molecule has 5 nitrogen and oxygen atoms in total. The summed E-state index contributed by atoms with van der Waals surface area (Å²) in [7, 11) is 0. The van der Waals surface area contributed by atoms with E-state index in [2.05, 4.69) is 0 Å². The zero-order valence-electron chi connectivity index (χ0n) is 17.0. The number of carbonyl (C=O) groups excluding carboxylic acids is 1. The van der Waals surface area contributed by atoms with Gasteiger partial charge in [0.15, 0.2) is 0 Å². The monoisotopic (exact) mass is 405 g/mol. The predicted octanol–water partition coefficient (Wildman–Crippen LogP) is 4.74. The van der Waals surface area contributed by atoms with Crippen LogP contribution in [0.15, 0.2) is 78.9 Å². The van der Waals surface area contributed by atoms with Gasteiger partial charge in [-0.2, -0.15) is 0 Å². The Hall–Kier alpha value is -3.31. The summed E-state index contributed by atoms with van der Waals surface area (Å²) in [5.74, 6) is 0.417. The Morgan fingerprint density at radius 2 is 1.30 bits per heavy atom. The van der Waals surface area contributed by atoms with E-state index in [0.717, 1.165) is 24.0 Å². The molecular formula is C25H27NO4. The molecule has 3 rings (SSSR count). The highest BCUT2D eigenvalue weighted by Crippen LogP contribution is 2.30. The van der Waals surface area contributed by atoms with Gasteiger partial charge in [0.2, 0.25) is 0 Å². The molecule has 156 valence electrons. The van der Waals surface area contributed by atoms with Gasteiger partial charge in [-0.05, 0) is 42.6 Å². The number of rotatable bonds is 11. The number of unbranched alkanes of at least 4 members (excludes halogenated alkanes) is 1. The zero-order valence-corrected chi connectivity index (χ0v) is 17.0. The van der Waals surface area contributed by atoms with Crippen molar-refractivity contribution >= 4 is 5.97 Å². The molecular weight excluding hydrogens is 378 g/mol. The molecule has 0 amide bonds. The van der Waals surface area contributed by atoms with E-state index in [0.29, 0.717) is 36.8 Å². The first-order chi connectivity index (χ1) is 14.8. The minimum atomic E-state index is -0.476. The van der Waals surface area contributed by atoms with Crippen molar-refractivity contribution in [3.8, 4) is 11.5 Å². The second kappa shape index (κ2) is 11.6. The van der Waals surface area contributed by atoms with E-state index in [1.165, 1.54) is 0 Å². The summed E-state index contributed by atoms with van der Waals surface area (Å²) < 4.78 is 17.4. The molecule has 0 aliphatic carbocycles. The fraction of sp³-hybridized carbons (Fsp3) is 0.240. The highest BCUT2D eigenvalue weighted by molar-refractivity contribution is 5.95. The lowest BCUT2D eigenvalue weighted by molar-refractivity contribution is 0.0462. The lowest BCUT2D eigenvalue weighted by Gasteiger charge is -2.16. The van der Waals surface area contributed by atoms with Crippen molar-refractivity contribution < 1.29 is 19.0 Å². The molecule has 0 radical (unpaired) electrons. The first kappa shape index (κ1) is 21.4. The van der Waals surface area contributed by atoms with Gasteiger partial charge in [0.05, 0.1) is 6.61 Å². The molecule has 0 spiro atoms. The van der Waals surface area contributed by atoms with E-state index >= 15 is 0 Å². The largest absolute Gasteiger partial charge is 0.493 e. The van der Waals surface area contributed by atoms with Crippen LogP contribution in [-0.4, -0.2) is 19.1 Å². The summed E-state index contributed by atoms with van der Waals surface area (Å²) >= 11 is 0. The number of hydrogen-bond acceptors (Lipinski definition) is 5. The summed E-state index contributed by atoms with van der Waals surface area (Å²) in [5.41, 5.74) is 7.78. The molecule has 5 heteroatoms. The second-order valence-corrected chi connectivity index (χ2v) is 6.81. The fourth-order valence-corrected chi connectivity index (χ4v) is 2.91. The van der Waals surface area contributed by atoms with Crippen LogP contribution in [-0.2, 0) is 18.0 Å². The molecule has 3 aromatic carbocycles. The Labute approximate surface area is 177 Å². The molecule has 0 aromatic heterocycles. The average molecular weight is 405 g/mol. The summed E-state index contributed by atoms with van der Waals surface area (Å²) in [6.45, 7) is 1.60. The van der Waals surface area contributed by atoms with Gasteiger partial charge in [-0.1, -0.05) is 66.7 Å². The molecule has 0 fully saturated rings. The van der Waals surface area contributed by atoms with Gasteiger partial charge < -0.3 is 19.9 Å².